The molecular weight excluding hydrogens is 228 g/mol. The lowest BCUT2D eigenvalue weighted by Gasteiger charge is -2.02. The summed E-state index contributed by atoms with van der Waals surface area (Å²) < 4.78 is 12.4. The number of para-hydroxylation sites is 1. The van der Waals surface area contributed by atoms with Gasteiger partial charge in [-0.3, -0.25) is 0 Å². The Morgan fingerprint density at radius 1 is 1.17 bits per heavy atom. The van der Waals surface area contributed by atoms with Crippen LogP contribution in [-0.4, -0.2) is 31.9 Å². The van der Waals surface area contributed by atoms with Crippen LogP contribution in [0.1, 0.15) is 5.56 Å². The Hall–Kier alpha value is -1.36. The molecule has 4 heteroatoms. The van der Waals surface area contributed by atoms with E-state index >= 15 is 0 Å². The van der Waals surface area contributed by atoms with Gasteiger partial charge in [-0.25, -0.2) is 0 Å². The minimum atomic E-state index is 0.582. The summed E-state index contributed by atoms with van der Waals surface area (Å²) in [5.74, 6) is 0. The van der Waals surface area contributed by atoms with Crippen molar-refractivity contribution in [2.24, 2.45) is 0 Å². The van der Waals surface area contributed by atoms with Gasteiger partial charge in [0.05, 0.1) is 12.1 Å². The molecule has 0 saturated carbocycles. The third-order valence-electron chi connectivity index (χ3n) is 2.94. The van der Waals surface area contributed by atoms with E-state index in [2.05, 4.69) is 40.3 Å². The maximum atomic E-state index is 5.21. The third kappa shape index (κ3) is 2.90. The summed E-state index contributed by atoms with van der Waals surface area (Å²) in [6.45, 7) is 3.02. The lowest BCUT2D eigenvalue weighted by Crippen LogP contribution is -2.18. The number of rotatable bonds is 7. The first-order chi connectivity index (χ1) is 8.86. The van der Waals surface area contributed by atoms with E-state index in [1.54, 1.807) is 14.2 Å². The zero-order chi connectivity index (χ0) is 12.8. The predicted molar refractivity (Wildman–Crippen MR) is 72.5 cm³/mol. The molecule has 1 aromatic heterocycles. The fourth-order valence-electron chi connectivity index (χ4n) is 2.11. The van der Waals surface area contributed by atoms with Gasteiger partial charge in [0.2, 0.25) is 0 Å². The van der Waals surface area contributed by atoms with E-state index in [9.17, 15) is 0 Å². The lowest BCUT2D eigenvalue weighted by atomic mass is 10.2. The molecule has 0 bridgehead atoms. The molecule has 0 unspecified atom stereocenters. The summed E-state index contributed by atoms with van der Waals surface area (Å²) in [5, 5.41) is 4.65. The van der Waals surface area contributed by atoms with Gasteiger partial charge in [0.1, 0.15) is 6.73 Å². The van der Waals surface area contributed by atoms with Gasteiger partial charge in [-0.15, -0.1) is 0 Å². The Balaban J connectivity index is 2.16. The van der Waals surface area contributed by atoms with Crippen molar-refractivity contribution in [3.63, 3.8) is 0 Å². The van der Waals surface area contributed by atoms with Crippen LogP contribution in [-0.2, 0) is 22.7 Å². The van der Waals surface area contributed by atoms with Crippen molar-refractivity contribution in [3.8, 4) is 0 Å². The van der Waals surface area contributed by atoms with Crippen molar-refractivity contribution in [2.45, 2.75) is 13.3 Å². The van der Waals surface area contributed by atoms with Crippen molar-refractivity contribution in [3.05, 3.63) is 36.0 Å². The molecule has 0 fully saturated rings. The highest BCUT2D eigenvalue weighted by molar-refractivity contribution is 5.83. The molecule has 0 radical (unpaired) electrons. The molecule has 0 amide bonds. The van der Waals surface area contributed by atoms with E-state index in [0.717, 1.165) is 19.7 Å². The Morgan fingerprint density at radius 3 is 2.78 bits per heavy atom. The Labute approximate surface area is 107 Å². The SMILES string of the molecule is COCCNCc1cn(COC)c2ccccc12. The van der Waals surface area contributed by atoms with Crippen LogP contribution in [0.15, 0.2) is 30.5 Å². The normalized spacial score (nSPS) is 11.2. The fourth-order valence-corrected chi connectivity index (χ4v) is 2.11. The lowest BCUT2D eigenvalue weighted by molar-refractivity contribution is 0.134. The zero-order valence-corrected chi connectivity index (χ0v) is 11.0. The first-order valence-electron chi connectivity index (χ1n) is 6.12. The number of aromatic nitrogens is 1. The van der Waals surface area contributed by atoms with Gasteiger partial charge in [-0.2, -0.15) is 0 Å². The molecule has 0 aliphatic rings. The summed E-state index contributed by atoms with van der Waals surface area (Å²) in [7, 11) is 3.43. The number of hydrogen-bond acceptors (Lipinski definition) is 3. The number of fused-ring (bicyclic) bond motifs is 1. The van der Waals surface area contributed by atoms with E-state index in [0.29, 0.717) is 6.73 Å². The molecule has 1 N–H and O–H groups in total. The molecule has 0 aliphatic carbocycles. The predicted octanol–water partition coefficient (Wildman–Crippen LogP) is 1.98. The molecule has 0 aliphatic heterocycles. The van der Waals surface area contributed by atoms with Crippen molar-refractivity contribution >= 4 is 10.9 Å². The van der Waals surface area contributed by atoms with Crippen molar-refractivity contribution < 1.29 is 9.47 Å². The van der Waals surface area contributed by atoms with Crippen LogP contribution in [0, 0.1) is 0 Å². The quantitative estimate of drug-likeness (QED) is 0.761. The molecule has 4 nitrogen and oxygen atoms in total. The van der Waals surface area contributed by atoms with E-state index in [4.69, 9.17) is 9.47 Å². The number of benzene rings is 1. The van der Waals surface area contributed by atoms with Gasteiger partial charge in [0, 0.05) is 38.9 Å². The van der Waals surface area contributed by atoms with E-state index < -0.39 is 0 Å². The standard InChI is InChI=1S/C14H20N2O2/c1-17-8-7-15-9-12-10-16(11-18-2)14-6-4-3-5-13(12)14/h3-6,10,15H,7-9,11H2,1-2H3. The van der Waals surface area contributed by atoms with Gasteiger partial charge < -0.3 is 19.4 Å². The van der Waals surface area contributed by atoms with Gasteiger partial charge in [0.15, 0.2) is 0 Å². The molecule has 0 saturated heterocycles. The number of nitrogens with one attached hydrogen (secondary N) is 1. The smallest absolute Gasteiger partial charge is 0.122 e. The molecule has 2 aromatic rings. The molecule has 0 spiro atoms. The van der Waals surface area contributed by atoms with Crippen LogP contribution in [0.3, 0.4) is 0 Å². The average Bonchev–Trinajstić information content (AvgIpc) is 2.74. The molecule has 0 atom stereocenters. The van der Waals surface area contributed by atoms with Crippen LogP contribution in [0.5, 0.6) is 0 Å². The second-order valence-corrected chi connectivity index (χ2v) is 4.23. The highest BCUT2D eigenvalue weighted by atomic mass is 16.5. The molecule has 1 heterocycles. The first-order valence-corrected chi connectivity index (χ1v) is 6.12. The number of ether oxygens (including phenoxy) is 2. The van der Waals surface area contributed by atoms with Crippen molar-refractivity contribution in [2.75, 3.05) is 27.4 Å². The third-order valence-corrected chi connectivity index (χ3v) is 2.94. The number of hydrogen-bond donors (Lipinski definition) is 1. The summed E-state index contributed by atoms with van der Waals surface area (Å²) >= 11 is 0. The first kappa shape index (κ1) is 13.1. The topological polar surface area (TPSA) is 35.4 Å². The van der Waals surface area contributed by atoms with E-state index in [1.807, 2.05) is 0 Å². The maximum absolute atomic E-state index is 5.21. The van der Waals surface area contributed by atoms with Crippen LogP contribution < -0.4 is 5.32 Å². The monoisotopic (exact) mass is 248 g/mol. The summed E-state index contributed by atoms with van der Waals surface area (Å²) in [6.07, 6.45) is 2.15. The Morgan fingerprint density at radius 2 is 2.00 bits per heavy atom. The summed E-state index contributed by atoms with van der Waals surface area (Å²) in [4.78, 5) is 0. The molecule has 1 aromatic carbocycles. The van der Waals surface area contributed by atoms with Crippen LogP contribution in [0.4, 0.5) is 0 Å². The van der Waals surface area contributed by atoms with Crippen molar-refractivity contribution in [1.82, 2.24) is 9.88 Å². The molecule has 18 heavy (non-hydrogen) atoms. The highest BCUT2D eigenvalue weighted by Crippen LogP contribution is 2.21. The Kier molecular flexibility index (Phi) is 4.75. The maximum Gasteiger partial charge on any atom is 0.122 e. The highest BCUT2D eigenvalue weighted by Gasteiger charge is 2.06. The van der Waals surface area contributed by atoms with Crippen LogP contribution >= 0.6 is 0 Å². The Bertz CT molecular complexity index is 493. The fraction of sp³-hybridized carbons (Fsp3) is 0.429. The average molecular weight is 248 g/mol. The van der Waals surface area contributed by atoms with Gasteiger partial charge in [-0.05, 0) is 11.6 Å². The van der Waals surface area contributed by atoms with Gasteiger partial charge >= 0.3 is 0 Å². The minimum Gasteiger partial charge on any atom is -0.383 e. The molecule has 98 valence electrons. The molecular formula is C14H20N2O2. The second kappa shape index (κ2) is 6.54. The molecule has 2 rings (SSSR count). The second-order valence-electron chi connectivity index (χ2n) is 4.23. The van der Waals surface area contributed by atoms with Gasteiger partial charge in [-0.1, -0.05) is 18.2 Å². The van der Waals surface area contributed by atoms with Gasteiger partial charge in [0.25, 0.3) is 0 Å². The minimum absolute atomic E-state index is 0.582. The van der Waals surface area contributed by atoms with Crippen LogP contribution in [0.25, 0.3) is 10.9 Å². The van der Waals surface area contributed by atoms with E-state index in [-0.39, 0.29) is 0 Å². The zero-order valence-electron chi connectivity index (χ0n) is 11.0. The number of methoxy groups -OCH3 is 2. The van der Waals surface area contributed by atoms with Crippen molar-refractivity contribution in [1.29, 1.82) is 0 Å². The van der Waals surface area contributed by atoms with Crippen LogP contribution in [0.2, 0.25) is 0 Å². The summed E-state index contributed by atoms with van der Waals surface area (Å²) in [6, 6.07) is 8.39. The van der Waals surface area contributed by atoms with E-state index in [1.165, 1.54) is 16.5 Å². The summed E-state index contributed by atoms with van der Waals surface area (Å²) in [5.41, 5.74) is 2.50. The number of nitrogens with zero attached hydrogens (tertiary/aromatic N) is 1. The largest absolute Gasteiger partial charge is 0.383 e.